The molecule has 1 N–H and O–H groups in total. The molecule has 0 saturated carbocycles. The lowest BCUT2D eigenvalue weighted by Gasteiger charge is -2.06. The van der Waals surface area contributed by atoms with Crippen molar-refractivity contribution in [1.82, 2.24) is 0 Å². The van der Waals surface area contributed by atoms with E-state index in [0.717, 1.165) is 25.5 Å². The zero-order valence-corrected chi connectivity index (χ0v) is 17.9. The monoisotopic (exact) mass is 410 g/mol. The maximum absolute atomic E-state index is 9.98. The van der Waals surface area contributed by atoms with Crippen LogP contribution in [0.15, 0.2) is 86.0 Å². The first-order valence-electron chi connectivity index (χ1n) is 10.1. The van der Waals surface area contributed by atoms with Gasteiger partial charge in [0.1, 0.15) is 12.9 Å². The van der Waals surface area contributed by atoms with Gasteiger partial charge in [0, 0.05) is 13.3 Å². The van der Waals surface area contributed by atoms with Crippen LogP contribution in [0.1, 0.15) is 37.3 Å². The van der Waals surface area contributed by atoms with E-state index in [4.69, 9.17) is 0 Å². The highest BCUT2D eigenvalue weighted by atomic mass is 16.5. The summed E-state index contributed by atoms with van der Waals surface area (Å²) in [5.41, 5.74) is 2.51. The van der Waals surface area contributed by atoms with Gasteiger partial charge in [-0.15, -0.1) is 6.58 Å². The molecule has 2 aromatic carbocycles. The summed E-state index contributed by atoms with van der Waals surface area (Å²) < 4.78 is 4.43. The number of ether oxygens (including phenoxy) is 1. The molecule has 162 valence electrons. The number of aliphatic hydroxyl groups is 1. The van der Waals surface area contributed by atoms with Gasteiger partial charge in [0.2, 0.25) is 0 Å². The predicted octanol–water partition coefficient (Wildman–Crippen LogP) is 5.11. The molecule has 0 heterocycles. The average molecular weight is 411 g/mol. The number of rotatable bonds is 10. The fourth-order valence-electron chi connectivity index (χ4n) is 2.33. The molecule has 30 heavy (non-hydrogen) atoms. The van der Waals surface area contributed by atoms with Crippen LogP contribution < -0.4 is 0 Å². The van der Waals surface area contributed by atoms with Crippen LogP contribution in [0.4, 0.5) is 0 Å². The fourth-order valence-corrected chi connectivity index (χ4v) is 2.33. The van der Waals surface area contributed by atoms with E-state index in [1.807, 2.05) is 48.5 Å². The molecule has 0 amide bonds. The second-order valence-corrected chi connectivity index (χ2v) is 6.48. The van der Waals surface area contributed by atoms with Crippen LogP contribution in [-0.2, 0) is 27.2 Å². The second kappa shape index (κ2) is 19.3. The van der Waals surface area contributed by atoms with Crippen molar-refractivity contribution in [2.75, 3.05) is 6.61 Å². The lowest BCUT2D eigenvalue weighted by Crippen LogP contribution is -2.05. The molecule has 0 aliphatic carbocycles. The van der Waals surface area contributed by atoms with E-state index >= 15 is 0 Å². The van der Waals surface area contributed by atoms with Gasteiger partial charge in [-0.2, -0.15) is 0 Å². The molecule has 0 aliphatic heterocycles. The normalized spacial score (nSPS) is 10.2. The van der Waals surface area contributed by atoms with Crippen molar-refractivity contribution in [3.63, 3.8) is 0 Å². The Bertz CT molecular complexity index is 695. The number of benzene rings is 2. The van der Waals surface area contributed by atoms with Crippen molar-refractivity contribution in [3.05, 3.63) is 97.1 Å². The number of hydrogen-bond acceptors (Lipinski definition) is 4. The van der Waals surface area contributed by atoms with Crippen LogP contribution in [0.2, 0.25) is 0 Å². The van der Waals surface area contributed by atoms with Crippen molar-refractivity contribution in [1.29, 1.82) is 0 Å². The number of aryl methyl sites for hydroxylation is 2. The van der Waals surface area contributed by atoms with E-state index in [9.17, 15) is 14.7 Å². The third-order valence-corrected chi connectivity index (χ3v) is 3.85. The Morgan fingerprint density at radius 2 is 1.50 bits per heavy atom. The highest BCUT2D eigenvalue weighted by Gasteiger charge is 2.01. The topological polar surface area (TPSA) is 63.6 Å². The summed E-state index contributed by atoms with van der Waals surface area (Å²) in [6.45, 7) is 8.63. The van der Waals surface area contributed by atoms with E-state index in [2.05, 4.69) is 30.0 Å². The Kier molecular flexibility index (Phi) is 17.4. The first kappa shape index (κ1) is 27.0. The molecule has 4 nitrogen and oxygen atoms in total. The number of carbonyl (C=O) groups is 2. The van der Waals surface area contributed by atoms with Gasteiger partial charge in [-0.3, -0.25) is 4.79 Å². The predicted molar refractivity (Wildman–Crippen MR) is 123 cm³/mol. The van der Waals surface area contributed by atoms with Gasteiger partial charge in [0.15, 0.2) is 0 Å². The summed E-state index contributed by atoms with van der Waals surface area (Å²) in [4.78, 5) is 19.9. The smallest absolute Gasteiger partial charge is 0.302 e. The number of aldehydes is 1. The Hall–Kier alpha value is -2.98. The Morgan fingerprint density at radius 3 is 1.90 bits per heavy atom. The maximum atomic E-state index is 9.98. The summed E-state index contributed by atoms with van der Waals surface area (Å²) in [5, 5.41) is 9.44. The highest BCUT2D eigenvalue weighted by Crippen LogP contribution is 2.07. The minimum Gasteiger partial charge on any atom is -0.462 e. The first-order valence-corrected chi connectivity index (χ1v) is 10.1. The minimum absolute atomic E-state index is 0.238. The molecule has 0 saturated heterocycles. The molecule has 4 heteroatoms. The van der Waals surface area contributed by atoms with Crippen molar-refractivity contribution >= 4 is 12.3 Å². The molecular formula is C26H34O4. The molecule has 0 fully saturated rings. The van der Waals surface area contributed by atoms with E-state index in [1.165, 1.54) is 24.1 Å². The van der Waals surface area contributed by atoms with Gasteiger partial charge in [-0.05, 0) is 36.8 Å². The quantitative estimate of drug-likeness (QED) is 0.336. The molecule has 0 radical (unpaired) electrons. The average Bonchev–Trinajstić information content (AvgIpc) is 2.77. The summed E-state index contributed by atoms with van der Waals surface area (Å²) in [6, 6.07) is 20.2. The van der Waals surface area contributed by atoms with Gasteiger partial charge in [0.05, 0.1) is 6.10 Å². The van der Waals surface area contributed by atoms with Crippen LogP contribution in [0, 0.1) is 0 Å². The van der Waals surface area contributed by atoms with Crippen LogP contribution in [0.25, 0.3) is 0 Å². The largest absolute Gasteiger partial charge is 0.462 e. The van der Waals surface area contributed by atoms with Gasteiger partial charge < -0.3 is 14.6 Å². The molecular weight excluding hydrogens is 376 g/mol. The van der Waals surface area contributed by atoms with Gasteiger partial charge in [-0.25, -0.2) is 0 Å². The lowest BCUT2D eigenvalue weighted by molar-refractivity contribution is -0.139. The zero-order chi connectivity index (χ0) is 22.5. The lowest BCUT2D eigenvalue weighted by atomic mass is 10.1. The van der Waals surface area contributed by atoms with Crippen molar-refractivity contribution < 1.29 is 19.4 Å². The number of aliphatic hydroxyl groups excluding tert-OH is 1. The Labute approximate surface area is 180 Å². The third-order valence-electron chi connectivity index (χ3n) is 3.85. The van der Waals surface area contributed by atoms with Crippen molar-refractivity contribution in [3.8, 4) is 0 Å². The van der Waals surface area contributed by atoms with Crippen LogP contribution in [0.3, 0.4) is 0 Å². The van der Waals surface area contributed by atoms with Crippen LogP contribution in [-0.4, -0.2) is 30.1 Å². The SMILES string of the molecule is C=CCC(O)CCc1ccccc1.C=CCOC(C)=O.O=CCCc1ccccc1. The summed E-state index contributed by atoms with van der Waals surface area (Å²) in [5.74, 6) is -0.264. The number of esters is 1. The van der Waals surface area contributed by atoms with Gasteiger partial charge in [-0.1, -0.05) is 79.4 Å². The molecule has 1 unspecified atom stereocenters. The van der Waals surface area contributed by atoms with Crippen LogP contribution in [0.5, 0.6) is 0 Å². The second-order valence-electron chi connectivity index (χ2n) is 6.48. The highest BCUT2D eigenvalue weighted by molar-refractivity contribution is 5.65. The number of carbonyl (C=O) groups excluding carboxylic acids is 2. The fraction of sp³-hybridized carbons (Fsp3) is 0.308. The third kappa shape index (κ3) is 17.1. The van der Waals surface area contributed by atoms with E-state index < -0.39 is 0 Å². The van der Waals surface area contributed by atoms with E-state index in [1.54, 1.807) is 6.08 Å². The summed E-state index contributed by atoms with van der Waals surface area (Å²) in [6.07, 6.45) is 7.94. The minimum atomic E-state index is -0.264. The molecule has 0 bridgehead atoms. The van der Waals surface area contributed by atoms with Gasteiger partial charge in [0.25, 0.3) is 0 Å². The molecule has 0 spiro atoms. The van der Waals surface area contributed by atoms with E-state index in [0.29, 0.717) is 19.4 Å². The Morgan fingerprint density at radius 1 is 0.967 bits per heavy atom. The van der Waals surface area contributed by atoms with Crippen LogP contribution >= 0.6 is 0 Å². The molecule has 2 aromatic rings. The number of hydrogen-bond donors (Lipinski definition) is 1. The molecule has 1 atom stereocenters. The zero-order valence-electron chi connectivity index (χ0n) is 17.9. The summed E-state index contributed by atoms with van der Waals surface area (Å²) in [7, 11) is 0. The molecule has 0 aliphatic rings. The summed E-state index contributed by atoms with van der Waals surface area (Å²) >= 11 is 0. The van der Waals surface area contributed by atoms with Crippen molar-refractivity contribution in [2.24, 2.45) is 0 Å². The van der Waals surface area contributed by atoms with Crippen molar-refractivity contribution in [2.45, 2.75) is 45.1 Å². The standard InChI is InChI=1S/C12H16O.C9H10O.C5H8O2/c1-2-6-12(13)10-9-11-7-4-3-5-8-11;10-8-4-7-9-5-2-1-3-6-9;1-3-4-7-5(2)6/h2-5,7-8,12-13H,1,6,9-10H2;1-3,5-6,8H,4,7H2;3H,1,4H2,2H3. The Balaban J connectivity index is 0.000000442. The molecule has 2 rings (SSSR count). The molecule has 0 aromatic heterocycles. The first-order chi connectivity index (χ1) is 14.5. The maximum Gasteiger partial charge on any atom is 0.302 e. The van der Waals surface area contributed by atoms with E-state index in [-0.39, 0.29) is 12.1 Å². The van der Waals surface area contributed by atoms with Gasteiger partial charge >= 0.3 is 5.97 Å².